The van der Waals surface area contributed by atoms with Crippen molar-refractivity contribution in [2.24, 2.45) is 0 Å². The average Bonchev–Trinajstić information content (AvgIpc) is 3.11. The molecule has 1 atom stereocenters. The number of aliphatic hydroxyl groups excluding tert-OH is 1. The van der Waals surface area contributed by atoms with Crippen molar-refractivity contribution in [3.63, 3.8) is 0 Å². The molecule has 1 aromatic heterocycles. The molecule has 0 saturated carbocycles. The zero-order valence-corrected chi connectivity index (χ0v) is 17.4. The van der Waals surface area contributed by atoms with Crippen molar-refractivity contribution in [1.29, 1.82) is 0 Å². The molecule has 0 radical (unpaired) electrons. The van der Waals surface area contributed by atoms with Crippen molar-refractivity contribution >= 4 is 22.9 Å². The second-order valence-corrected chi connectivity index (χ2v) is 8.03. The number of carbonyl (C=O) groups excluding carboxylic acids is 1. The first-order chi connectivity index (χ1) is 14.6. The van der Waals surface area contributed by atoms with Crippen LogP contribution in [0.2, 0.25) is 0 Å². The van der Waals surface area contributed by atoms with Crippen LogP contribution < -0.4 is 10.2 Å². The van der Waals surface area contributed by atoms with Gasteiger partial charge in [0, 0.05) is 12.1 Å². The Kier molecular flexibility index (Phi) is 6.30. The number of hydrogen-bond donors (Lipinski definition) is 3. The van der Waals surface area contributed by atoms with Gasteiger partial charge < -0.3 is 24.8 Å². The van der Waals surface area contributed by atoms with Gasteiger partial charge in [0.15, 0.2) is 0 Å². The minimum absolute atomic E-state index is 0.108. The van der Waals surface area contributed by atoms with E-state index in [1.807, 2.05) is 39.8 Å². The van der Waals surface area contributed by atoms with Gasteiger partial charge in [0.05, 0.1) is 43.3 Å². The lowest BCUT2D eigenvalue weighted by Crippen LogP contribution is -3.13. The van der Waals surface area contributed by atoms with Crippen molar-refractivity contribution in [3.8, 4) is 0 Å². The Morgan fingerprint density at radius 3 is 2.57 bits per heavy atom. The molecule has 7 heteroatoms. The predicted molar refractivity (Wildman–Crippen MR) is 117 cm³/mol. The Balaban J connectivity index is 1.40. The molecule has 1 aliphatic rings. The fourth-order valence-corrected chi connectivity index (χ4v) is 3.98. The number of piperazine rings is 1. The zero-order valence-electron chi connectivity index (χ0n) is 17.4. The second-order valence-electron chi connectivity index (χ2n) is 8.03. The van der Waals surface area contributed by atoms with Crippen LogP contribution >= 0.6 is 0 Å². The third-order valence-electron chi connectivity index (χ3n) is 5.62. The first-order valence-electron chi connectivity index (χ1n) is 10.6. The van der Waals surface area contributed by atoms with Crippen LogP contribution in [0.1, 0.15) is 12.5 Å². The normalized spacial score (nSPS) is 16.0. The maximum absolute atomic E-state index is 13.1. The van der Waals surface area contributed by atoms with E-state index in [0.29, 0.717) is 12.5 Å². The molecule has 3 N–H and O–H groups in total. The van der Waals surface area contributed by atoms with Gasteiger partial charge in [-0.25, -0.2) is 4.98 Å². The van der Waals surface area contributed by atoms with Crippen LogP contribution in [-0.2, 0) is 17.9 Å². The van der Waals surface area contributed by atoms with Crippen LogP contribution in [0.4, 0.5) is 5.95 Å². The molecule has 1 saturated heterocycles. The Bertz CT molecular complexity index is 978. The van der Waals surface area contributed by atoms with Gasteiger partial charge in [0.25, 0.3) is 0 Å². The summed E-state index contributed by atoms with van der Waals surface area (Å²) in [5.41, 5.74) is 3.11. The first-order valence-corrected chi connectivity index (χ1v) is 10.6. The summed E-state index contributed by atoms with van der Waals surface area (Å²) < 4.78 is 1.92. The Morgan fingerprint density at radius 2 is 1.83 bits per heavy atom. The molecular formula is C23H30N5O2+. The third-order valence-corrected chi connectivity index (χ3v) is 5.62. The number of fused-ring (bicyclic) bond motifs is 1. The quantitative estimate of drug-likeness (QED) is 0.540. The summed E-state index contributed by atoms with van der Waals surface area (Å²) in [5.74, 6) is 0.732. The molecule has 2 aromatic carbocycles. The molecule has 4 rings (SSSR count). The molecule has 1 amide bonds. The summed E-state index contributed by atoms with van der Waals surface area (Å²) in [4.78, 5) is 21.1. The standard InChI is InChI=1S/C23H29N5O2/c1-18(29)15-24-23-25-20-9-5-6-10-21(20)28(23)17-22(30)27-13-11-26(12-14-27)16-19-7-3-2-4-8-19/h2-10,18,29H,11-17H2,1H3,(H,24,25)/p+1/t18-/m0/s1. The molecule has 0 unspecified atom stereocenters. The number of amides is 1. The SMILES string of the molecule is C[C@H](O)CNc1nc2ccccc2n1CC(=O)N1CC[NH+](Cc2ccccc2)CC1. The number of aromatic nitrogens is 2. The van der Waals surface area contributed by atoms with Gasteiger partial charge >= 0.3 is 0 Å². The van der Waals surface area contributed by atoms with E-state index in [9.17, 15) is 9.90 Å². The summed E-state index contributed by atoms with van der Waals surface area (Å²) >= 11 is 0. The van der Waals surface area contributed by atoms with Crippen LogP contribution in [0.5, 0.6) is 0 Å². The molecule has 2 heterocycles. The van der Waals surface area contributed by atoms with Crippen molar-refractivity contribution < 1.29 is 14.8 Å². The average molecular weight is 409 g/mol. The van der Waals surface area contributed by atoms with Crippen LogP contribution in [0.3, 0.4) is 0 Å². The topological polar surface area (TPSA) is 74.8 Å². The number of para-hydroxylation sites is 2. The first kappa shape index (κ1) is 20.4. The number of nitrogens with zero attached hydrogens (tertiary/aromatic N) is 3. The molecule has 0 spiro atoms. The van der Waals surface area contributed by atoms with Crippen molar-refractivity contribution in [1.82, 2.24) is 14.5 Å². The number of imidazole rings is 1. The Labute approximate surface area is 176 Å². The molecule has 0 aliphatic carbocycles. The molecule has 30 heavy (non-hydrogen) atoms. The molecule has 7 nitrogen and oxygen atoms in total. The van der Waals surface area contributed by atoms with E-state index in [4.69, 9.17) is 0 Å². The molecule has 158 valence electrons. The number of hydrogen-bond acceptors (Lipinski definition) is 4. The molecule has 0 bridgehead atoms. The highest BCUT2D eigenvalue weighted by molar-refractivity contribution is 5.83. The second kappa shape index (κ2) is 9.28. The van der Waals surface area contributed by atoms with Gasteiger partial charge in [-0.15, -0.1) is 0 Å². The number of anilines is 1. The lowest BCUT2D eigenvalue weighted by Gasteiger charge is -2.32. The van der Waals surface area contributed by atoms with Gasteiger partial charge in [0.2, 0.25) is 11.9 Å². The smallest absolute Gasteiger partial charge is 0.243 e. The summed E-state index contributed by atoms with van der Waals surface area (Å²) in [5, 5.41) is 12.8. The largest absolute Gasteiger partial charge is 0.392 e. The Hall–Kier alpha value is -2.90. The summed E-state index contributed by atoms with van der Waals surface area (Å²) in [7, 11) is 0. The number of aliphatic hydroxyl groups is 1. The lowest BCUT2D eigenvalue weighted by molar-refractivity contribution is -0.917. The zero-order chi connectivity index (χ0) is 20.9. The number of carbonyl (C=O) groups is 1. The number of benzene rings is 2. The van der Waals surface area contributed by atoms with Crippen LogP contribution in [0, 0.1) is 0 Å². The maximum Gasteiger partial charge on any atom is 0.243 e. The monoisotopic (exact) mass is 408 g/mol. The maximum atomic E-state index is 13.1. The summed E-state index contributed by atoms with van der Waals surface area (Å²) in [6, 6.07) is 18.3. The van der Waals surface area contributed by atoms with Crippen molar-refractivity contribution in [2.45, 2.75) is 26.1 Å². The van der Waals surface area contributed by atoms with E-state index in [2.05, 4.69) is 34.6 Å². The van der Waals surface area contributed by atoms with E-state index < -0.39 is 6.10 Å². The number of quaternary nitrogens is 1. The van der Waals surface area contributed by atoms with Gasteiger partial charge in [0.1, 0.15) is 13.1 Å². The fraction of sp³-hybridized carbons (Fsp3) is 0.391. The third kappa shape index (κ3) is 4.80. The minimum Gasteiger partial charge on any atom is -0.392 e. The molecular weight excluding hydrogens is 378 g/mol. The number of nitrogens with one attached hydrogen (secondary N) is 2. The molecule has 1 fully saturated rings. The van der Waals surface area contributed by atoms with Crippen LogP contribution in [0.15, 0.2) is 54.6 Å². The molecule has 3 aromatic rings. The van der Waals surface area contributed by atoms with E-state index in [1.165, 1.54) is 10.5 Å². The predicted octanol–water partition coefficient (Wildman–Crippen LogP) is 0.756. The van der Waals surface area contributed by atoms with E-state index in [-0.39, 0.29) is 12.5 Å². The fourth-order valence-electron chi connectivity index (χ4n) is 3.98. The van der Waals surface area contributed by atoms with Crippen LogP contribution in [-0.4, -0.2) is 64.3 Å². The van der Waals surface area contributed by atoms with E-state index in [0.717, 1.165) is 43.8 Å². The number of rotatable bonds is 7. The van der Waals surface area contributed by atoms with Crippen LogP contribution in [0.25, 0.3) is 11.0 Å². The van der Waals surface area contributed by atoms with Gasteiger partial charge in [-0.1, -0.05) is 42.5 Å². The Morgan fingerprint density at radius 1 is 1.13 bits per heavy atom. The highest BCUT2D eigenvalue weighted by Crippen LogP contribution is 2.20. The summed E-state index contributed by atoms with van der Waals surface area (Å²) in [6.45, 7) is 6.81. The van der Waals surface area contributed by atoms with Crippen molar-refractivity contribution in [3.05, 3.63) is 60.2 Å². The highest BCUT2D eigenvalue weighted by atomic mass is 16.3. The lowest BCUT2D eigenvalue weighted by atomic mass is 10.2. The molecule has 1 aliphatic heterocycles. The highest BCUT2D eigenvalue weighted by Gasteiger charge is 2.25. The summed E-state index contributed by atoms with van der Waals surface area (Å²) in [6.07, 6.45) is -0.491. The van der Waals surface area contributed by atoms with Gasteiger partial charge in [-0.3, -0.25) is 4.79 Å². The van der Waals surface area contributed by atoms with Gasteiger partial charge in [-0.05, 0) is 19.1 Å². The van der Waals surface area contributed by atoms with Gasteiger partial charge in [-0.2, -0.15) is 0 Å². The van der Waals surface area contributed by atoms with E-state index in [1.54, 1.807) is 6.92 Å². The van der Waals surface area contributed by atoms with E-state index >= 15 is 0 Å². The minimum atomic E-state index is -0.491. The van der Waals surface area contributed by atoms with Crippen molar-refractivity contribution in [2.75, 3.05) is 38.0 Å².